The van der Waals surface area contributed by atoms with Crippen LogP contribution in [0.3, 0.4) is 0 Å². The Kier molecular flexibility index (Phi) is 6.53. The van der Waals surface area contributed by atoms with E-state index in [1.807, 2.05) is 24.3 Å². The molecule has 0 atom stereocenters. The lowest BCUT2D eigenvalue weighted by atomic mass is 9.81. The van der Waals surface area contributed by atoms with Gasteiger partial charge in [-0.25, -0.2) is 15.0 Å². The van der Waals surface area contributed by atoms with E-state index in [2.05, 4.69) is 153 Å². The first kappa shape index (κ1) is 29.5. The van der Waals surface area contributed by atoms with Crippen LogP contribution in [0.15, 0.2) is 164 Å². The van der Waals surface area contributed by atoms with E-state index in [0.29, 0.717) is 17.5 Å². The fraction of sp³-hybridized carbons (Fsp3) is 0.0625. The number of rotatable bonds is 4. The Labute approximate surface area is 297 Å². The molecule has 0 aliphatic heterocycles. The average Bonchev–Trinajstić information content (AvgIpc) is 3.43. The van der Waals surface area contributed by atoms with Gasteiger partial charge in [-0.05, 0) is 90.0 Å². The Bertz CT molecular complexity index is 2820. The smallest absolute Gasteiger partial charge is 0.164 e. The maximum atomic E-state index is 5.15. The molecular formula is C48H33N3. The Hall–Kier alpha value is -6.45. The standard InChI is InChI=1S/C48H33N3/c1-48(2)43-23-12-11-22-38(43)42-28-40-37-25-24-34(27-39(37)35-20-9-10-21-36(35)41(40)29-44(42)48)47-50-45(31-16-7-4-8-17-31)49-46(51-47)33-19-13-18-32(26-33)30-14-5-3-6-15-30/h3-29H,1-2H3. The molecule has 1 heterocycles. The van der Waals surface area contributed by atoms with Crippen molar-refractivity contribution in [3.8, 4) is 56.4 Å². The van der Waals surface area contributed by atoms with E-state index in [0.717, 1.165) is 27.8 Å². The van der Waals surface area contributed by atoms with Gasteiger partial charge in [-0.2, -0.15) is 0 Å². The third kappa shape index (κ3) is 4.69. The second kappa shape index (κ2) is 11.3. The summed E-state index contributed by atoms with van der Waals surface area (Å²) >= 11 is 0. The van der Waals surface area contributed by atoms with Crippen molar-refractivity contribution in [1.82, 2.24) is 15.0 Å². The normalized spacial score (nSPS) is 13.1. The maximum Gasteiger partial charge on any atom is 0.164 e. The van der Waals surface area contributed by atoms with Gasteiger partial charge in [0.25, 0.3) is 0 Å². The molecule has 0 radical (unpaired) electrons. The van der Waals surface area contributed by atoms with Gasteiger partial charge in [0.15, 0.2) is 17.5 Å². The van der Waals surface area contributed by atoms with Gasteiger partial charge in [-0.1, -0.05) is 153 Å². The fourth-order valence-corrected chi connectivity index (χ4v) is 8.11. The summed E-state index contributed by atoms with van der Waals surface area (Å²) in [5, 5.41) is 7.45. The first-order valence-electron chi connectivity index (χ1n) is 17.5. The predicted molar refractivity (Wildman–Crippen MR) is 212 cm³/mol. The van der Waals surface area contributed by atoms with E-state index in [4.69, 9.17) is 15.0 Å². The molecule has 3 nitrogen and oxygen atoms in total. The molecule has 1 aliphatic rings. The van der Waals surface area contributed by atoms with Crippen molar-refractivity contribution in [2.75, 3.05) is 0 Å². The predicted octanol–water partition coefficient (Wildman–Crippen LogP) is 12.3. The van der Waals surface area contributed by atoms with Crippen molar-refractivity contribution in [1.29, 1.82) is 0 Å². The molecule has 0 saturated heterocycles. The zero-order chi connectivity index (χ0) is 34.1. The summed E-state index contributed by atoms with van der Waals surface area (Å²) in [5.74, 6) is 1.96. The molecule has 0 N–H and O–H groups in total. The molecule has 8 aromatic carbocycles. The van der Waals surface area contributed by atoms with Crippen molar-refractivity contribution in [3.05, 3.63) is 175 Å². The van der Waals surface area contributed by atoms with Crippen LogP contribution in [0, 0.1) is 0 Å². The summed E-state index contributed by atoms with van der Waals surface area (Å²) in [4.78, 5) is 15.3. The van der Waals surface area contributed by atoms with E-state index in [9.17, 15) is 0 Å². The molecule has 10 rings (SSSR count). The topological polar surface area (TPSA) is 38.7 Å². The van der Waals surface area contributed by atoms with E-state index in [1.54, 1.807) is 0 Å². The molecule has 0 bridgehead atoms. The van der Waals surface area contributed by atoms with Crippen molar-refractivity contribution >= 4 is 32.3 Å². The Balaban J connectivity index is 1.20. The van der Waals surface area contributed by atoms with Crippen LogP contribution >= 0.6 is 0 Å². The highest BCUT2D eigenvalue weighted by Crippen LogP contribution is 2.51. The summed E-state index contributed by atoms with van der Waals surface area (Å²) in [7, 11) is 0. The zero-order valence-corrected chi connectivity index (χ0v) is 28.4. The molecule has 51 heavy (non-hydrogen) atoms. The SMILES string of the molecule is CC1(C)c2ccccc2-c2cc3c4ccc(-c5nc(-c6ccccc6)nc(-c6cccc(-c7ccccc7)c6)n5)cc4c4ccccc4c3cc21. The summed E-state index contributed by atoms with van der Waals surface area (Å²) in [6.45, 7) is 4.70. The third-order valence-corrected chi connectivity index (χ3v) is 10.7. The number of hydrogen-bond donors (Lipinski definition) is 0. The number of hydrogen-bond acceptors (Lipinski definition) is 3. The summed E-state index contributed by atoms with van der Waals surface area (Å²) in [6.07, 6.45) is 0. The van der Waals surface area contributed by atoms with Gasteiger partial charge in [0, 0.05) is 22.1 Å². The highest BCUT2D eigenvalue weighted by Gasteiger charge is 2.35. The van der Waals surface area contributed by atoms with E-state index < -0.39 is 0 Å². The fourth-order valence-electron chi connectivity index (χ4n) is 8.11. The van der Waals surface area contributed by atoms with Gasteiger partial charge in [0.1, 0.15) is 0 Å². The molecule has 1 aliphatic carbocycles. The van der Waals surface area contributed by atoms with Crippen LogP contribution in [0.1, 0.15) is 25.0 Å². The van der Waals surface area contributed by atoms with Crippen LogP contribution < -0.4 is 0 Å². The minimum absolute atomic E-state index is 0.0620. The molecule has 240 valence electrons. The Morgan fingerprint density at radius 1 is 0.314 bits per heavy atom. The molecule has 3 heteroatoms. The van der Waals surface area contributed by atoms with Gasteiger partial charge in [0.2, 0.25) is 0 Å². The lowest BCUT2D eigenvalue weighted by Crippen LogP contribution is -2.14. The third-order valence-electron chi connectivity index (χ3n) is 10.7. The van der Waals surface area contributed by atoms with Crippen LogP contribution in [0.25, 0.3) is 88.7 Å². The van der Waals surface area contributed by atoms with Gasteiger partial charge < -0.3 is 0 Å². The van der Waals surface area contributed by atoms with Crippen molar-refractivity contribution in [3.63, 3.8) is 0 Å². The number of nitrogens with zero attached hydrogens (tertiary/aromatic N) is 3. The minimum Gasteiger partial charge on any atom is -0.208 e. The lowest BCUT2D eigenvalue weighted by Gasteiger charge is -2.22. The van der Waals surface area contributed by atoms with Gasteiger partial charge in [-0.15, -0.1) is 0 Å². The molecule has 0 amide bonds. The molecular weight excluding hydrogens is 619 g/mol. The first-order valence-corrected chi connectivity index (χ1v) is 17.5. The second-order valence-corrected chi connectivity index (χ2v) is 14.0. The second-order valence-electron chi connectivity index (χ2n) is 14.0. The van der Waals surface area contributed by atoms with Gasteiger partial charge in [-0.3, -0.25) is 0 Å². The monoisotopic (exact) mass is 651 g/mol. The van der Waals surface area contributed by atoms with Gasteiger partial charge in [0.05, 0.1) is 0 Å². The molecule has 0 spiro atoms. The molecule has 0 unspecified atom stereocenters. The van der Waals surface area contributed by atoms with Crippen molar-refractivity contribution in [2.24, 2.45) is 0 Å². The summed E-state index contributed by atoms with van der Waals surface area (Å²) in [6, 6.07) is 58.3. The number of fused-ring (bicyclic) bond motifs is 9. The van der Waals surface area contributed by atoms with E-state index in [1.165, 1.54) is 54.6 Å². The van der Waals surface area contributed by atoms with Gasteiger partial charge >= 0.3 is 0 Å². The van der Waals surface area contributed by atoms with Crippen LogP contribution in [0.2, 0.25) is 0 Å². The van der Waals surface area contributed by atoms with Crippen LogP contribution in [-0.2, 0) is 5.41 Å². The maximum absolute atomic E-state index is 5.15. The van der Waals surface area contributed by atoms with E-state index in [-0.39, 0.29) is 5.41 Å². The molecule has 1 aromatic heterocycles. The first-order chi connectivity index (χ1) is 25.0. The summed E-state index contributed by atoms with van der Waals surface area (Å²) in [5.41, 5.74) is 10.5. The average molecular weight is 652 g/mol. The number of benzene rings is 8. The van der Waals surface area contributed by atoms with Crippen LogP contribution in [-0.4, -0.2) is 15.0 Å². The van der Waals surface area contributed by atoms with Crippen LogP contribution in [0.4, 0.5) is 0 Å². The molecule has 0 saturated carbocycles. The van der Waals surface area contributed by atoms with Crippen LogP contribution in [0.5, 0.6) is 0 Å². The molecule has 0 fully saturated rings. The largest absolute Gasteiger partial charge is 0.208 e. The highest BCUT2D eigenvalue weighted by molar-refractivity contribution is 6.26. The number of aromatic nitrogens is 3. The van der Waals surface area contributed by atoms with Crippen molar-refractivity contribution in [2.45, 2.75) is 19.3 Å². The quantitative estimate of drug-likeness (QED) is 0.178. The highest BCUT2D eigenvalue weighted by atomic mass is 15.0. The molecule has 9 aromatic rings. The Morgan fingerprint density at radius 3 is 1.55 bits per heavy atom. The summed E-state index contributed by atoms with van der Waals surface area (Å²) < 4.78 is 0. The van der Waals surface area contributed by atoms with Crippen molar-refractivity contribution < 1.29 is 0 Å². The minimum atomic E-state index is -0.0620. The zero-order valence-electron chi connectivity index (χ0n) is 28.4. The lowest BCUT2D eigenvalue weighted by molar-refractivity contribution is 0.661. The van der Waals surface area contributed by atoms with E-state index >= 15 is 0 Å². The Morgan fingerprint density at radius 2 is 0.824 bits per heavy atom.